The van der Waals surface area contributed by atoms with E-state index in [9.17, 15) is 4.39 Å². The molecular weight excluding hydrogens is 165 g/mol. The number of hydrogen-bond donors (Lipinski definition) is 1. The highest BCUT2D eigenvalue weighted by molar-refractivity contribution is 5.32. The lowest BCUT2D eigenvalue weighted by molar-refractivity contribution is 0.601. The molecule has 1 nitrogen and oxygen atoms in total. The number of benzene rings is 1. The van der Waals surface area contributed by atoms with Crippen molar-refractivity contribution in [2.45, 2.75) is 20.3 Å². The van der Waals surface area contributed by atoms with Gasteiger partial charge >= 0.3 is 0 Å². The van der Waals surface area contributed by atoms with Crippen molar-refractivity contribution in [2.24, 2.45) is 0 Å². The first-order valence-corrected chi connectivity index (χ1v) is 4.55. The van der Waals surface area contributed by atoms with E-state index in [4.69, 9.17) is 0 Å². The average molecular weight is 181 g/mol. The summed E-state index contributed by atoms with van der Waals surface area (Å²) in [5.41, 5.74) is 2.87. The fourth-order valence-corrected chi connectivity index (χ4v) is 1.51. The molecule has 13 heavy (non-hydrogen) atoms. The van der Waals surface area contributed by atoms with E-state index < -0.39 is 0 Å². The van der Waals surface area contributed by atoms with Crippen LogP contribution < -0.4 is 5.32 Å². The van der Waals surface area contributed by atoms with E-state index in [0.29, 0.717) is 0 Å². The third-order valence-electron chi connectivity index (χ3n) is 2.19. The quantitative estimate of drug-likeness (QED) is 0.753. The van der Waals surface area contributed by atoms with Gasteiger partial charge in [0.05, 0.1) is 0 Å². The Bertz CT molecular complexity index is 271. The summed E-state index contributed by atoms with van der Waals surface area (Å²) in [4.78, 5) is 0. The zero-order valence-corrected chi connectivity index (χ0v) is 8.45. The van der Waals surface area contributed by atoms with Crippen molar-refractivity contribution in [3.63, 3.8) is 0 Å². The van der Waals surface area contributed by atoms with Crippen molar-refractivity contribution in [1.82, 2.24) is 5.32 Å². The van der Waals surface area contributed by atoms with E-state index in [0.717, 1.165) is 29.7 Å². The Hall–Kier alpha value is -0.890. The first kappa shape index (κ1) is 10.2. The number of halogens is 1. The van der Waals surface area contributed by atoms with Crippen molar-refractivity contribution in [3.8, 4) is 0 Å². The van der Waals surface area contributed by atoms with Crippen LogP contribution in [-0.2, 0) is 6.42 Å². The summed E-state index contributed by atoms with van der Waals surface area (Å²) in [6, 6.07) is 3.62. The summed E-state index contributed by atoms with van der Waals surface area (Å²) in [5, 5.41) is 3.02. The lowest BCUT2D eigenvalue weighted by Crippen LogP contribution is -2.12. The normalized spacial score (nSPS) is 10.5. The van der Waals surface area contributed by atoms with Crippen molar-refractivity contribution in [3.05, 3.63) is 34.6 Å². The van der Waals surface area contributed by atoms with Crippen LogP contribution in [0.4, 0.5) is 4.39 Å². The van der Waals surface area contributed by atoms with E-state index in [1.165, 1.54) is 0 Å². The molecule has 0 aliphatic carbocycles. The first-order valence-electron chi connectivity index (χ1n) is 4.55. The molecule has 1 rings (SSSR count). The fraction of sp³-hybridized carbons (Fsp3) is 0.455. The van der Waals surface area contributed by atoms with Gasteiger partial charge in [-0.1, -0.05) is 6.07 Å². The van der Waals surface area contributed by atoms with Gasteiger partial charge in [-0.25, -0.2) is 4.39 Å². The SMILES string of the molecule is CNCCc1c(C)cc(C)cc1F. The smallest absolute Gasteiger partial charge is 0.126 e. The van der Waals surface area contributed by atoms with E-state index in [2.05, 4.69) is 5.32 Å². The summed E-state index contributed by atoms with van der Waals surface area (Å²) in [6.45, 7) is 4.69. The number of nitrogens with one attached hydrogen (secondary N) is 1. The summed E-state index contributed by atoms with van der Waals surface area (Å²) >= 11 is 0. The Morgan fingerprint density at radius 2 is 2.00 bits per heavy atom. The molecule has 0 saturated heterocycles. The van der Waals surface area contributed by atoms with Gasteiger partial charge in [0.25, 0.3) is 0 Å². The number of rotatable bonds is 3. The Balaban J connectivity index is 2.92. The fourth-order valence-electron chi connectivity index (χ4n) is 1.51. The van der Waals surface area contributed by atoms with Crippen LogP contribution in [0.25, 0.3) is 0 Å². The molecule has 0 spiro atoms. The molecule has 1 N–H and O–H groups in total. The minimum Gasteiger partial charge on any atom is -0.319 e. The lowest BCUT2D eigenvalue weighted by Gasteiger charge is -2.08. The van der Waals surface area contributed by atoms with Crippen LogP contribution in [0.1, 0.15) is 16.7 Å². The van der Waals surface area contributed by atoms with Crippen LogP contribution in [-0.4, -0.2) is 13.6 Å². The summed E-state index contributed by atoms with van der Waals surface area (Å²) in [5.74, 6) is -0.0762. The Morgan fingerprint density at radius 1 is 1.31 bits per heavy atom. The molecule has 0 heterocycles. The lowest BCUT2D eigenvalue weighted by atomic mass is 10.0. The maximum absolute atomic E-state index is 13.4. The van der Waals surface area contributed by atoms with Crippen molar-refractivity contribution in [2.75, 3.05) is 13.6 Å². The summed E-state index contributed by atoms with van der Waals surface area (Å²) < 4.78 is 13.4. The van der Waals surface area contributed by atoms with Crippen molar-refractivity contribution in [1.29, 1.82) is 0 Å². The van der Waals surface area contributed by atoms with Gasteiger partial charge in [-0.3, -0.25) is 0 Å². The van der Waals surface area contributed by atoms with Gasteiger partial charge in [-0.05, 0) is 56.6 Å². The molecule has 0 atom stereocenters. The number of aryl methyl sites for hydroxylation is 2. The second-order valence-corrected chi connectivity index (χ2v) is 3.40. The van der Waals surface area contributed by atoms with Gasteiger partial charge < -0.3 is 5.32 Å². The molecule has 0 unspecified atom stereocenters. The van der Waals surface area contributed by atoms with Crippen LogP contribution in [0.15, 0.2) is 12.1 Å². The number of hydrogen-bond acceptors (Lipinski definition) is 1. The topological polar surface area (TPSA) is 12.0 Å². The molecule has 0 aromatic heterocycles. The summed E-state index contributed by atoms with van der Waals surface area (Å²) in [7, 11) is 1.88. The maximum atomic E-state index is 13.4. The van der Waals surface area contributed by atoms with Crippen molar-refractivity contribution < 1.29 is 4.39 Å². The van der Waals surface area contributed by atoms with Crippen molar-refractivity contribution >= 4 is 0 Å². The minimum atomic E-state index is -0.0762. The molecule has 0 aliphatic heterocycles. The largest absolute Gasteiger partial charge is 0.319 e. The van der Waals surface area contributed by atoms with Gasteiger partial charge in [0.15, 0.2) is 0 Å². The predicted molar refractivity (Wildman–Crippen MR) is 53.5 cm³/mol. The van der Waals surface area contributed by atoms with Crippen LogP contribution in [0, 0.1) is 19.7 Å². The second-order valence-electron chi connectivity index (χ2n) is 3.40. The van der Waals surface area contributed by atoms with Gasteiger partial charge in [-0.15, -0.1) is 0 Å². The molecule has 1 aromatic carbocycles. The molecule has 0 bridgehead atoms. The molecule has 0 radical (unpaired) electrons. The third-order valence-corrected chi connectivity index (χ3v) is 2.19. The van der Waals surface area contributed by atoms with E-state index in [1.54, 1.807) is 6.07 Å². The maximum Gasteiger partial charge on any atom is 0.126 e. The van der Waals surface area contributed by atoms with Crippen LogP contribution in [0.5, 0.6) is 0 Å². The van der Waals surface area contributed by atoms with E-state index in [1.807, 2.05) is 27.0 Å². The third kappa shape index (κ3) is 2.52. The van der Waals surface area contributed by atoms with Gasteiger partial charge in [-0.2, -0.15) is 0 Å². The zero-order valence-electron chi connectivity index (χ0n) is 8.45. The minimum absolute atomic E-state index is 0.0762. The average Bonchev–Trinajstić information content (AvgIpc) is 2.02. The van der Waals surface area contributed by atoms with E-state index >= 15 is 0 Å². The summed E-state index contributed by atoms with van der Waals surface area (Å²) in [6.07, 6.45) is 0.758. The van der Waals surface area contributed by atoms with E-state index in [-0.39, 0.29) is 5.82 Å². The monoisotopic (exact) mass is 181 g/mol. The van der Waals surface area contributed by atoms with Crippen LogP contribution in [0.2, 0.25) is 0 Å². The molecule has 2 heteroatoms. The number of likely N-dealkylation sites (N-methyl/N-ethyl adjacent to an activating group) is 1. The van der Waals surface area contributed by atoms with Crippen LogP contribution >= 0.6 is 0 Å². The van der Waals surface area contributed by atoms with Gasteiger partial charge in [0.1, 0.15) is 5.82 Å². The Kier molecular flexibility index (Phi) is 3.43. The van der Waals surface area contributed by atoms with Gasteiger partial charge in [0.2, 0.25) is 0 Å². The molecule has 72 valence electrons. The first-order chi connectivity index (χ1) is 6.15. The highest BCUT2D eigenvalue weighted by Gasteiger charge is 2.05. The molecule has 0 fully saturated rings. The Morgan fingerprint density at radius 3 is 2.54 bits per heavy atom. The second kappa shape index (κ2) is 4.38. The van der Waals surface area contributed by atoms with Gasteiger partial charge in [0, 0.05) is 0 Å². The standard InChI is InChI=1S/C11H16FN/c1-8-6-9(2)10(4-5-13-3)11(12)7-8/h6-7,13H,4-5H2,1-3H3. The molecular formula is C11H16FN. The Labute approximate surface area is 79.0 Å². The molecule has 1 aromatic rings. The molecule has 0 amide bonds. The zero-order chi connectivity index (χ0) is 9.84. The highest BCUT2D eigenvalue weighted by atomic mass is 19.1. The highest BCUT2D eigenvalue weighted by Crippen LogP contribution is 2.15. The molecule has 0 aliphatic rings. The van der Waals surface area contributed by atoms with Crippen LogP contribution in [0.3, 0.4) is 0 Å². The predicted octanol–water partition coefficient (Wildman–Crippen LogP) is 2.20. The molecule has 0 saturated carbocycles.